The van der Waals surface area contributed by atoms with Gasteiger partial charge in [0.15, 0.2) is 0 Å². The molecule has 0 saturated heterocycles. The highest BCUT2D eigenvalue weighted by atomic mass is 16.3. The van der Waals surface area contributed by atoms with Crippen LogP contribution in [0.3, 0.4) is 0 Å². The van der Waals surface area contributed by atoms with Crippen LogP contribution in [0.25, 0.3) is 0 Å². The number of furan rings is 1. The average Bonchev–Trinajstić information content (AvgIpc) is 3.13. The van der Waals surface area contributed by atoms with Gasteiger partial charge in [0.05, 0.1) is 6.26 Å². The molecule has 0 aliphatic rings. The van der Waals surface area contributed by atoms with Gasteiger partial charge in [0.25, 0.3) is 0 Å². The van der Waals surface area contributed by atoms with E-state index in [0.717, 1.165) is 18.6 Å². The molecule has 2 heteroatoms. The van der Waals surface area contributed by atoms with Gasteiger partial charge >= 0.3 is 0 Å². The van der Waals surface area contributed by atoms with Crippen molar-refractivity contribution in [1.29, 1.82) is 0 Å². The summed E-state index contributed by atoms with van der Waals surface area (Å²) in [5.41, 5.74) is 4.44. The number of hydrogen-bond acceptors (Lipinski definition) is 1. The summed E-state index contributed by atoms with van der Waals surface area (Å²) in [6, 6.07) is 4.60. The number of nitrogens with one attached hydrogen (secondary N) is 1. The molecule has 146 valence electrons. The second-order valence-corrected chi connectivity index (χ2v) is 11.3. The minimum absolute atomic E-state index is 0.0317. The predicted molar refractivity (Wildman–Crippen MR) is 112 cm³/mol. The van der Waals surface area contributed by atoms with Gasteiger partial charge < -0.3 is 9.40 Å². The SMILES string of the molecule is CC(C)(C)c1coc(C(C)(C)CCC(C)(C)c2c[nH]c(C(C)(C)C)c2)c1. The van der Waals surface area contributed by atoms with Crippen molar-refractivity contribution >= 4 is 0 Å². The Kier molecular flexibility index (Phi) is 5.31. The molecule has 0 aliphatic heterocycles. The molecule has 2 nitrogen and oxygen atoms in total. The van der Waals surface area contributed by atoms with Crippen LogP contribution in [0, 0.1) is 0 Å². The molecular formula is C24H39NO. The number of H-pyrrole nitrogens is 1. The van der Waals surface area contributed by atoms with Crippen LogP contribution in [-0.2, 0) is 21.7 Å². The molecule has 0 bridgehead atoms. The summed E-state index contributed by atoms with van der Waals surface area (Å²) in [4.78, 5) is 3.48. The summed E-state index contributed by atoms with van der Waals surface area (Å²) in [6.07, 6.45) is 6.34. The Balaban J connectivity index is 2.12. The van der Waals surface area contributed by atoms with E-state index in [4.69, 9.17) is 4.42 Å². The number of aromatic amines is 1. The van der Waals surface area contributed by atoms with Crippen molar-refractivity contribution in [3.63, 3.8) is 0 Å². The van der Waals surface area contributed by atoms with Gasteiger partial charge in [0.1, 0.15) is 5.76 Å². The number of aromatic nitrogens is 1. The molecule has 0 atom stereocenters. The van der Waals surface area contributed by atoms with Gasteiger partial charge in [0.2, 0.25) is 0 Å². The molecule has 2 heterocycles. The normalized spacial score (nSPS) is 14.1. The number of hydrogen-bond donors (Lipinski definition) is 1. The molecule has 0 saturated carbocycles. The summed E-state index contributed by atoms with van der Waals surface area (Å²) in [6.45, 7) is 22.7. The van der Waals surface area contributed by atoms with E-state index in [2.05, 4.69) is 92.6 Å². The van der Waals surface area contributed by atoms with E-state index in [-0.39, 0.29) is 21.7 Å². The summed E-state index contributed by atoms with van der Waals surface area (Å²) >= 11 is 0. The van der Waals surface area contributed by atoms with Crippen molar-refractivity contribution in [3.05, 3.63) is 47.2 Å². The first-order valence-electron chi connectivity index (χ1n) is 9.92. The zero-order valence-corrected chi connectivity index (χ0v) is 18.6. The number of rotatable bonds is 5. The molecular weight excluding hydrogens is 318 g/mol. The summed E-state index contributed by atoms with van der Waals surface area (Å²) in [5, 5.41) is 0. The Morgan fingerprint density at radius 1 is 0.731 bits per heavy atom. The van der Waals surface area contributed by atoms with Gasteiger partial charge in [-0.25, -0.2) is 0 Å². The van der Waals surface area contributed by atoms with Crippen molar-refractivity contribution in [2.24, 2.45) is 0 Å². The van der Waals surface area contributed by atoms with Gasteiger partial charge in [0, 0.05) is 22.7 Å². The first-order chi connectivity index (χ1) is 11.6. The lowest BCUT2D eigenvalue weighted by Gasteiger charge is -2.30. The van der Waals surface area contributed by atoms with Crippen LogP contribution in [0.15, 0.2) is 29.0 Å². The maximum absolute atomic E-state index is 5.97. The molecule has 2 aromatic rings. The maximum Gasteiger partial charge on any atom is 0.109 e. The van der Waals surface area contributed by atoms with Crippen molar-refractivity contribution in [2.45, 2.75) is 104 Å². The largest absolute Gasteiger partial charge is 0.468 e. The molecule has 0 radical (unpaired) electrons. The molecule has 0 fully saturated rings. The first-order valence-corrected chi connectivity index (χ1v) is 9.92. The van der Waals surface area contributed by atoms with Crippen LogP contribution < -0.4 is 0 Å². The lowest BCUT2D eigenvalue weighted by Crippen LogP contribution is -2.24. The van der Waals surface area contributed by atoms with Crippen LogP contribution in [0.4, 0.5) is 0 Å². The third-order valence-corrected chi connectivity index (χ3v) is 5.78. The first kappa shape index (κ1) is 20.9. The maximum atomic E-state index is 5.97. The Morgan fingerprint density at radius 2 is 1.31 bits per heavy atom. The third kappa shape index (κ3) is 4.64. The van der Waals surface area contributed by atoms with Crippen LogP contribution in [0.2, 0.25) is 0 Å². The minimum Gasteiger partial charge on any atom is -0.468 e. The highest BCUT2D eigenvalue weighted by molar-refractivity contribution is 5.29. The molecule has 26 heavy (non-hydrogen) atoms. The second kappa shape index (κ2) is 6.62. The van der Waals surface area contributed by atoms with Gasteiger partial charge in [-0.2, -0.15) is 0 Å². The Hall–Kier alpha value is -1.44. The zero-order valence-electron chi connectivity index (χ0n) is 18.6. The summed E-state index contributed by atoms with van der Waals surface area (Å²) in [7, 11) is 0. The van der Waals surface area contributed by atoms with E-state index in [1.54, 1.807) is 0 Å². The fourth-order valence-electron chi connectivity index (χ4n) is 3.20. The Labute approximate surface area is 160 Å². The van der Waals surface area contributed by atoms with Crippen molar-refractivity contribution < 1.29 is 4.42 Å². The quantitative estimate of drug-likeness (QED) is 0.600. The predicted octanol–water partition coefficient (Wildman–Crippen LogP) is 7.24. The van der Waals surface area contributed by atoms with E-state index in [9.17, 15) is 0 Å². The lowest BCUT2D eigenvalue weighted by molar-refractivity contribution is 0.321. The van der Waals surface area contributed by atoms with Gasteiger partial charge in [-0.15, -0.1) is 0 Å². The van der Waals surface area contributed by atoms with E-state index < -0.39 is 0 Å². The molecule has 2 aromatic heterocycles. The average molecular weight is 358 g/mol. The molecule has 0 unspecified atom stereocenters. The molecule has 1 N–H and O–H groups in total. The zero-order chi connectivity index (χ0) is 20.0. The van der Waals surface area contributed by atoms with Gasteiger partial charge in [-0.3, -0.25) is 0 Å². The Morgan fingerprint density at radius 3 is 1.77 bits per heavy atom. The van der Waals surface area contributed by atoms with Crippen LogP contribution >= 0.6 is 0 Å². The standard InChI is InChI=1S/C24H39NO/c1-21(2,3)18-14-20(26-16-18)24(9,10)12-11-23(7,8)17-13-19(25-15-17)22(4,5)6/h13-16,25H,11-12H2,1-10H3. The van der Waals surface area contributed by atoms with E-state index in [1.165, 1.54) is 16.8 Å². The van der Waals surface area contributed by atoms with Crippen LogP contribution in [0.1, 0.15) is 105 Å². The minimum atomic E-state index is 0.0317. The van der Waals surface area contributed by atoms with Gasteiger partial charge in [-0.05, 0) is 46.9 Å². The topological polar surface area (TPSA) is 28.9 Å². The molecule has 0 aromatic carbocycles. The van der Waals surface area contributed by atoms with Crippen LogP contribution in [0.5, 0.6) is 0 Å². The molecule has 2 rings (SSSR count). The van der Waals surface area contributed by atoms with Crippen molar-refractivity contribution in [2.75, 3.05) is 0 Å². The van der Waals surface area contributed by atoms with Crippen LogP contribution in [-0.4, -0.2) is 4.98 Å². The second-order valence-electron chi connectivity index (χ2n) is 11.3. The van der Waals surface area contributed by atoms with Crippen molar-refractivity contribution in [1.82, 2.24) is 4.98 Å². The summed E-state index contributed by atoms with van der Waals surface area (Å²) in [5.74, 6) is 1.10. The Bertz CT molecular complexity index is 665. The van der Waals surface area contributed by atoms with Crippen molar-refractivity contribution in [3.8, 4) is 0 Å². The highest BCUT2D eigenvalue weighted by Gasteiger charge is 2.31. The van der Waals surface area contributed by atoms with E-state index in [1.807, 2.05) is 6.26 Å². The monoisotopic (exact) mass is 357 g/mol. The third-order valence-electron chi connectivity index (χ3n) is 5.78. The smallest absolute Gasteiger partial charge is 0.109 e. The molecule has 0 amide bonds. The molecule has 0 spiro atoms. The van der Waals surface area contributed by atoms with E-state index in [0.29, 0.717) is 0 Å². The summed E-state index contributed by atoms with van der Waals surface area (Å²) < 4.78 is 5.97. The lowest BCUT2D eigenvalue weighted by atomic mass is 9.74. The highest BCUT2D eigenvalue weighted by Crippen LogP contribution is 2.38. The van der Waals surface area contributed by atoms with E-state index >= 15 is 0 Å². The van der Waals surface area contributed by atoms with Gasteiger partial charge in [-0.1, -0.05) is 69.2 Å². The fraction of sp³-hybridized carbons (Fsp3) is 0.667. The molecule has 0 aliphatic carbocycles. The fourth-order valence-corrected chi connectivity index (χ4v) is 3.20.